The van der Waals surface area contributed by atoms with Crippen molar-refractivity contribution in [1.82, 2.24) is 20.0 Å². The van der Waals surface area contributed by atoms with Gasteiger partial charge in [-0.3, -0.25) is 14.4 Å². The quantitative estimate of drug-likeness (QED) is 0.884. The fraction of sp³-hybridized carbons (Fsp3) is 0.474. The fourth-order valence-corrected chi connectivity index (χ4v) is 4.11. The van der Waals surface area contributed by atoms with Gasteiger partial charge >= 0.3 is 0 Å². The molecule has 1 aliphatic heterocycles. The van der Waals surface area contributed by atoms with Gasteiger partial charge in [-0.1, -0.05) is 24.3 Å². The van der Waals surface area contributed by atoms with Crippen LogP contribution in [0.1, 0.15) is 30.4 Å². The van der Waals surface area contributed by atoms with Crippen LogP contribution in [-0.2, 0) is 17.9 Å². The van der Waals surface area contributed by atoms with Crippen molar-refractivity contribution in [3.05, 3.63) is 53.9 Å². The molecule has 0 spiro atoms. The highest BCUT2D eigenvalue weighted by Crippen LogP contribution is 2.36. The van der Waals surface area contributed by atoms with E-state index in [1.54, 1.807) is 6.20 Å². The number of aromatic nitrogens is 2. The average Bonchev–Trinajstić information content (AvgIpc) is 3.32. The van der Waals surface area contributed by atoms with E-state index in [4.69, 9.17) is 0 Å². The van der Waals surface area contributed by atoms with Crippen molar-refractivity contribution in [3.63, 3.8) is 0 Å². The van der Waals surface area contributed by atoms with E-state index in [0.717, 1.165) is 24.6 Å². The second-order valence-electron chi connectivity index (χ2n) is 7.01. The molecule has 1 aliphatic carbocycles. The third-order valence-electron chi connectivity index (χ3n) is 5.36. The molecule has 4 rings (SSSR count). The van der Waals surface area contributed by atoms with Gasteiger partial charge in [-0.25, -0.2) is 0 Å². The van der Waals surface area contributed by atoms with Gasteiger partial charge in [-0.15, -0.1) is 0 Å². The molecule has 1 saturated heterocycles. The van der Waals surface area contributed by atoms with Crippen molar-refractivity contribution in [3.8, 4) is 0 Å². The Bertz CT molecular complexity index is 697. The monoisotopic (exact) mass is 324 g/mol. The molecule has 2 atom stereocenters. The standard InChI is InChI=1S/C19H24N4O/c24-19(14-22-12-15-6-7-18(22)10-15)20-11-16-4-1-2-5-17(16)13-23-9-3-8-21-23/h1-5,8-9,15,18H,6-7,10-14H2,(H,20,24)/t15-,18+/m1/s1. The number of benzene rings is 1. The largest absolute Gasteiger partial charge is 0.351 e. The molecule has 5 heteroatoms. The first-order valence-electron chi connectivity index (χ1n) is 8.83. The molecule has 2 bridgehead atoms. The normalized spacial score (nSPS) is 22.8. The van der Waals surface area contributed by atoms with Gasteiger partial charge in [0.15, 0.2) is 0 Å². The van der Waals surface area contributed by atoms with Gasteiger partial charge in [0, 0.05) is 31.5 Å². The Balaban J connectivity index is 1.33. The molecule has 1 aromatic heterocycles. The number of carbonyl (C=O) groups is 1. The minimum atomic E-state index is 0.136. The second kappa shape index (κ2) is 6.77. The summed E-state index contributed by atoms with van der Waals surface area (Å²) in [4.78, 5) is 14.7. The predicted octanol–water partition coefficient (Wildman–Crippen LogP) is 2.03. The van der Waals surface area contributed by atoms with Crippen LogP contribution in [0.15, 0.2) is 42.7 Å². The van der Waals surface area contributed by atoms with Crippen LogP contribution in [0.2, 0.25) is 0 Å². The van der Waals surface area contributed by atoms with E-state index in [0.29, 0.717) is 19.1 Å². The molecule has 2 heterocycles. The summed E-state index contributed by atoms with van der Waals surface area (Å²) in [6, 6.07) is 10.8. The van der Waals surface area contributed by atoms with Crippen molar-refractivity contribution < 1.29 is 4.79 Å². The molecule has 1 aromatic carbocycles. The summed E-state index contributed by atoms with van der Waals surface area (Å²) >= 11 is 0. The first kappa shape index (κ1) is 15.4. The number of piperidine rings is 1. The van der Waals surface area contributed by atoms with Crippen molar-refractivity contribution in [2.75, 3.05) is 13.1 Å². The van der Waals surface area contributed by atoms with E-state index in [1.807, 2.05) is 29.1 Å². The van der Waals surface area contributed by atoms with E-state index < -0.39 is 0 Å². The van der Waals surface area contributed by atoms with E-state index >= 15 is 0 Å². The number of fused-ring (bicyclic) bond motifs is 2. The van der Waals surface area contributed by atoms with Crippen LogP contribution >= 0.6 is 0 Å². The number of likely N-dealkylation sites (tertiary alicyclic amines) is 1. The SMILES string of the molecule is O=C(CN1C[C@@H]2CC[C@H]1C2)NCc1ccccc1Cn1cccn1. The summed E-state index contributed by atoms with van der Waals surface area (Å²) in [5, 5.41) is 7.36. The Labute approximate surface area is 142 Å². The van der Waals surface area contributed by atoms with Gasteiger partial charge in [-0.2, -0.15) is 5.10 Å². The van der Waals surface area contributed by atoms with Crippen LogP contribution in [0.3, 0.4) is 0 Å². The summed E-state index contributed by atoms with van der Waals surface area (Å²) in [6.07, 6.45) is 7.65. The molecule has 1 amide bonds. The van der Waals surface area contributed by atoms with Gasteiger partial charge < -0.3 is 5.32 Å². The topological polar surface area (TPSA) is 50.2 Å². The Morgan fingerprint density at radius 1 is 1.21 bits per heavy atom. The molecule has 1 N–H and O–H groups in total. The number of hydrogen-bond acceptors (Lipinski definition) is 3. The minimum Gasteiger partial charge on any atom is -0.351 e. The molecule has 2 fully saturated rings. The lowest BCUT2D eigenvalue weighted by molar-refractivity contribution is -0.122. The number of nitrogens with one attached hydrogen (secondary N) is 1. The molecular formula is C19H24N4O. The second-order valence-corrected chi connectivity index (χ2v) is 7.01. The molecule has 126 valence electrons. The minimum absolute atomic E-state index is 0.136. The highest BCUT2D eigenvalue weighted by Gasteiger charge is 2.38. The summed E-state index contributed by atoms with van der Waals surface area (Å²) in [7, 11) is 0. The lowest BCUT2D eigenvalue weighted by Crippen LogP contribution is -2.41. The van der Waals surface area contributed by atoms with E-state index in [9.17, 15) is 4.79 Å². The lowest BCUT2D eigenvalue weighted by atomic mass is 10.1. The fourth-order valence-electron chi connectivity index (χ4n) is 4.11. The van der Waals surface area contributed by atoms with Crippen LogP contribution in [0, 0.1) is 5.92 Å². The van der Waals surface area contributed by atoms with Crippen LogP contribution in [0.4, 0.5) is 0 Å². The summed E-state index contributed by atoms with van der Waals surface area (Å²) in [6.45, 7) is 2.96. The maximum atomic E-state index is 12.3. The number of hydrogen-bond donors (Lipinski definition) is 1. The average molecular weight is 324 g/mol. The third kappa shape index (κ3) is 3.36. The van der Waals surface area contributed by atoms with Gasteiger partial charge in [0.05, 0.1) is 13.1 Å². The van der Waals surface area contributed by atoms with Gasteiger partial charge in [0.25, 0.3) is 0 Å². The van der Waals surface area contributed by atoms with E-state index in [2.05, 4.69) is 27.4 Å². The maximum absolute atomic E-state index is 12.3. The van der Waals surface area contributed by atoms with Gasteiger partial charge in [-0.05, 0) is 42.4 Å². The molecule has 24 heavy (non-hydrogen) atoms. The lowest BCUT2D eigenvalue weighted by Gasteiger charge is -2.26. The van der Waals surface area contributed by atoms with E-state index in [1.165, 1.54) is 24.8 Å². The summed E-state index contributed by atoms with van der Waals surface area (Å²) in [5.74, 6) is 0.967. The smallest absolute Gasteiger partial charge is 0.234 e. The molecule has 2 aromatic rings. The number of carbonyl (C=O) groups excluding carboxylic acids is 1. The molecule has 2 aliphatic rings. The Kier molecular flexibility index (Phi) is 4.34. The van der Waals surface area contributed by atoms with Crippen molar-refractivity contribution in [1.29, 1.82) is 0 Å². The van der Waals surface area contributed by atoms with Gasteiger partial charge in [0.2, 0.25) is 5.91 Å². The van der Waals surface area contributed by atoms with Gasteiger partial charge in [0.1, 0.15) is 0 Å². The van der Waals surface area contributed by atoms with Crippen LogP contribution in [0.25, 0.3) is 0 Å². The molecular weight excluding hydrogens is 300 g/mol. The van der Waals surface area contributed by atoms with Crippen molar-refractivity contribution in [2.45, 2.75) is 38.4 Å². The predicted molar refractivity (Wildman–Crippen MR) is 92.3 cm³/mol. The van der Waals surface area contributed by atoms with E-state index in [-0.39, 0.29) is 5.91 Å². The zero-order chi connectivity index (χ0) is 16.4. The zero-order valence-corrected chi connectivity index (χ0v) is 13.9. The number of amides is 1. The molecule has 5 nitrogen and oxygen atoms in total. The molecule has 1 saturated carbocycles. The zero-order valence-electron chi connectivity index (χ0n) is 13.9. The third-order valence-corrected chi connectivity index (χ3v) is 5.36. The summed E-state index contributed by atoms with van der Waals surface area (Å²) < 4.78 is 1.90. The Morgan fingerprint density at radius 3 is 2.79 bits per heavy atom. The number of nitrogens with zero attached hydrogens (tertiary/aromatic N) is 3. The molecule has 0 unspecified atom stereocenters. The highest BCUT2D eigenvalue weighted by molar-refractivity contribution is 5.78. The molecule has 0 radical (unpaired) electrons. The first-order chi connectivity index (χ1) is 11.8. The summed E-state index contributed by atoms with van der Waals surface area (Å²) in [5.41, 5.74) is 2.35. The highest BCUT2D eigenvalue weighted by atomic mass is 16.2. The van der Waals surface area contributed by atoms with Crippen molar-refractivity contribution >= 4 is 5.91 Å². The van der Waals surface area contributed by atoms with Crippen LogP contribution in [-0.4, -0.2) is 39.7 Å². The van der Waals surface area contributed by atoms with Crippen LogP contribution in [0.5, 0.6) is 0 Å². The Morgan fingerprint density at radius 2 is 2.08 bits per heavy atom. The van der Waals surface area contributed by atoms with Crippen LogP contribution < -0.4 is 5.32 Å². The first-order valence-corrected chi connectivity index (χ1v) is 8.83. The Hall–Kier alpha value is -2.14. The maximum Gasteiger partial charge on any atom is 0.234 e. The number of rotatable bonds is 6. The van der Waals surface area contributed by atoms with Crippen molar-refractivity contribution in [2.24, 2.45) is 5.92 Å².